The van der Waals surface area contributed by atoms with Crippen molar-refractivity contribution < 1.29 is 37.3 Å². The lowest BCUT2D eigenvalue weighted by Gasteiger charge is -2.37. The van der Waals surface area contributed by atoms with Gasteiger partial charge in [-0.3, -0.25) is 9.59 Å². The highest BCUT2D eigenvalue weighted by Gasteiger charge is 2.35. The lowest BCUT2D eigenvalue weighted by molar-refractivity contribution is -0.141. The number of carbonyl (C=O) groups is 2. The Bertz CT molecular complexity index is 965. The molecule has 2 aromatic carbocycles. The van der Waals surface area contributed by atoms with Gasteiger partial charge in [-0.1, -0.05) is 12.1 Å². The van der Waals surface area contributed by atoms with Gasteiger partial charge in [0.2, 0.25) is 0 Å². The minimum atomic E-state index is -3.07. The van der Waals surface area contributed by atoms with E-state index in [-0.39, 0.29) is 24.3 Å². The van der Waals surface area contributed by atoms with E-state index in [1.165, 1.54) is 44.4 Å². The summed E-state index contributed by atoms with van der Waals surface area (Å²) in [5, 5.41) is 0. The van der Waals surface area contributed by atoms with E-state index >= 15 is 0 Å². The Morgan fingerprint density at radius 1 is 1.06 bits per heavy atom. The summed E-state index contributed by atoms with van der Waals surface area (Å²) in [5.74, 6) is -0.272. The number of methoxy groups -OCH3 is 3. The zero-order valence-corrected chi connectivity index (χ0v) is 17.4. The van der Waals surface area contributed by atoms with E-state index in [2.05, 4.69) is 4.74 Å². The van der Waals surface area contributed by atoms with Crippen molar-refractivity contribution >= 4 is 11.9 Å². The molecule has 0 aromatic heterocycles. The third-order valence-electron chi connectivity index (χ3n) is 5.18. The molecule has 2 aromatic rings. The number of carbonyl (C=O) groups excluding carboxylic acids is 2. The molecule has 1 atom stereocenters. The number of nitrogens with zero attached hydrogens (tertiary/aromatic N) is 1. The first-order valence-corrected chi connectivity index (χ1v) is 9.56. The van der Waals surface area contributed by atoms with Gasteiger partial charge in [0, 0.05) is 6.54 Å². The lowest BCUT2D eigenvalue weighted by atomic mass is 9.89. The minimum Gasteiger partial charge on any atom is -0.493 e. The van der Waals surface area contributed by atoms with E-state index < -0.39 is 24.5 Å². The standard InChI is InChI=1S/C22H23F2NO6/c1-28-18-10-13-8-9-25(16(12-20(26)30-3)15(13)11-19(18)29-2)21(27)14-6-4-5-7-17(14)31-22(23)24/h4-7,10-11,16,22H,8-9,12H2,1-3H3. The van der Waals surface area contributed by atoms with Gasteiger partial charge in [-0.25, -0.2) is 0 Å². The first-order valence-electron chi connectivity index (χ1n) is 9.56. The number of hydrogen-bond acceptors (Lipinski definition) is 6. The highest BCUT2D eigenvalue weighted by atomic mass is 19.3. The van der Waals surface area contributed by atoms with Crippen molar-refractivity contribution in [3.63, 3.8) is 0 Å². The van der Waals surface area contributed by atoms with E-state index in [1.807, 2.05) is 6.07 Å². The Kier molecular flexibility index (Phi) is 6.94. The number of amides is 1. The second-order valence-electron chi connectivity index (χ2n) is 6.83. The molecular weight excluding hydrogens is 412 g/mol. The molecule has 0 saturated heterocycles. The fraction of sp³-hybridized carbons (Fsp3) is 0.364. The molecule has 1 aliphatic rings. The van der Waals surface area contributed by atoms with Gasteiger partial charge in [0.25, 0.3) is 5.91 Å². The molecule has 9 heteroatoms. The third-order valence-corrected chi connectivity index (χ3v) is 5.18. The Balaban J connectivity index is 2.05. The van der Waals surface area contributed by atoms with Crippen LogP contribution in [0, 0.1) is 0 Å². The fourth-order valence-electron chi connectivity index (χ4n) is 3.73. The van der Waals surface area contributed by atoms with Gasteiger partial charge >= 0.3 is 12.6 Å². The number of hydrogen-bond donors (Lipinski definition) is 0. The van der Waals surface area contributed by atoms with Gasteiger partial charge in [-0.05, 0) is 41.8 Å². The van der Waals surface area contributed by atoms with Gasteiger partial charge in [-0.15, -0.1) is 0 Å². The number of esters is 1. The average Bonchev–Trinajstić information content (AvgIpc) is 2.77. The van der Waals surface area contributed by atoms with Crippen molar-refractivity contribution in [2.75, 3.05) is 27.9 Å². The molecule has 3 rings (SSSR count). The molecular formula is C22H23F2NO6. The number of fused-ring (bicyclic) bond motifs is 1. The summed E-state index contributed by atoms with van der Waals surface area (Å²) in [6.07, 6.45) is 0.375. The SMILES string of the molecule is COC(=O)CC1c2cc(OC)c(OC)cc2CCN1C(=O)c1ccccc1OC(F)F. The number of alkyl halides is 2. The third kappa shape index (κ3) is 4.70. The maximum Gasteiger partial charge on any atom is 0.387 e. The quantitative estimate of drug-likeness (QED) is 0.619. The topological polar surface area (TPSA) is 74.3 Å². The molecule has 1 amide bonds. The van der Waals surface area contributed by atoms with Crippen LogP contribution in [0.4, 0.5) is 8.78 Å². The van der Waals surface area contributed by atoms with Crippen molar-refractivity contribution in [3.05, 3.63) is 53.1 Å². The predicted octanol–water partition coefficient (Wildman–Crippen LogP) is 3.61. The smallest absolute Gasteiger partial charge is 0.387 e. The molecule has 1 unspecified atom stereocenters. The van der Waals surface area contributed by atoms with Crippen LogP contribution in [0.2, 0.25) is 0 Å². The van der Waals surface area contributed by atoms with E-state index in [9.17, 15) is 18.4 Å². The van der Waals surface area contributed by atoms with Gasteiger partial charge in [0.05, 0.1) is 39.4 Å². The number of ether oxygens (including phenoxy) is 4. The zero-order valence-electron chi connectivity index (χ0n) is 17.4. The first-order chi connectivity index (χ1) is 14.9. The summed E-state index contributed by atoms with van der Waals surface area (Å²) >= 11 is 0. The number of rotatable bonds is 7. The molecule has 0 spiro atoms. The summed E-state index contributed by atoms with van der Waals surface area (Å²) in [4.78, 5) is 27.0. The summed E-state index contributed by atoms with van der Waals surface area (Å²) in [6.45, 7) is -2.80. The van der Waals surface area contributed by atoms with Crippen LogP contribution in [0.25, 0.3) is 0 Å². The number of para-hydroxylation sites is 1. The maximum absolute atomic E-state index is 13.4. The normalized spacial score (nSPS) is 15.3. The molecule has 0 N–H and O–H groups in total. The molecule has 0 saturated carbocycles. The van der Waals surface area contributed by atoms with E-state index in [0.717, 1.165) is 5.56 Å². The Hall–Kier alpha value is -3.36. The van der Waals surface area contributed by atoms with Crippen LogP contribution in [0.15, 0.2) is 36.4 Å². The van der Waals surface area contributed by atoms with E-state index in [0.29, 0.717) is 23.5 Å². The molecule has 166 valence electrons. The van der Waals surface area contributed by atoms with Gasteiger partial charge in [0.1, 0.15) is 5.75 Å². The Morgan fingerprint density at radius 3 is 2.39 bits per heavy atom. The van der Waals surface area contributed by atoms with Crippen LogP contribution in [0.3, 0.4) is 0 Å². The summed E-state index contributed by atoms with van der Waals surface area (Å²) in [7, 11) is 4.27. The van der Waals surface area contributed by atoms with Crippen LogP contribution < -0.4 is 14.2 Å². The molecule has 0 fully saturated rings. The number of halogens is 2. The van der Waals surface area contributed by atoms with Gasteiger partial charge in [0.15, 0.2) is 11.5 Å². The molecule has 31 heavy (non-hydrogen) atoms. The summed E-state index contributed by atoms with van der Waals surface area (Å²) in [6, 6.07) is 8.65. The predicted molar refractivity (Wildman–Crippen MR) is 107 cm³/mol. The summed E-state index contributed by atoms with van der Waals surface area (Å²) < 4.78 is 45.7. The van der Waals surface area contributed by atoms with Crippen LogP contribution in [-0.2, 0) is 16.0 Å². The van der Waals surface area contributed by atoms with Crippen molar-refractivity contribution in [2.45, 2.75) is 25.5 Å². The molecule has 1 heterocycles. The van der Waals surface area contributed by atoms with Gasteiger partial charge < -0.3 is 23.8 Å². The van der Waals surface area contributed by atoms with Crippen LogP contribution in [0.5, 0.6) is 17.2 Å². The van der Waals surface area contributed by atoms with E-state index in [4.69, 9.17) is 14.2 Å². The minimum absolute atomic E-state index is 0.0124. The van der Waals surface area contributed by atoms with Gasteiger partial charge in [-0.2, -0.15) is 8.78 Å². The Labute approximate surface area is 178 Å². The highest BCUT2D eigenvalue weighted by molar-refractivity contribution is 5.97. The molecule has 0 aliphatic carbocycles. The van der Waals surface area contributed by atoms with Crippen molar-refractivity contribution in [2.24, 2.45) is 0 Å². The second-order valence-corrected chi connectivity index (χ2v) is 6.83. The molecule has 0 bridgehead atoms. The first kappa shape index (κ1) is 22.3. The van der Waals surface area contributed by atoms with Crippen molar-refractivity contribution in [1.82, 2.24) is 4.90 Å². The molecule has 7 nitrogen and oxygen atoms in total. The van der Waals surface area contributed by atoms with Crippen molar-refractivity contribution in [1.29, 1.82) is 0 Å². The largest absolute Gasteiger partial charge is 0.493 e. The Morgan fingerprint density at radius 2 is 1.74 bits per heavy atom. The maximum atomic E-state index is 13.4. The van der Waals surface area contributed by atoms with Crippen LogP contribution >= 0.6 is 0 Å². The molecule has 1 aliphatic heterocycles. The monoisotopic (exact) mass is 435 g/mol. The fourth-order valence-corrected chi connectivity index (χ4v) is 3.73. The van der Waals surface area contributed by atoms with Crippen LogP contribution in [0.1, 0.15) is 33.9 Å². The zero-order chi connectivity index (χ0) is 22.5. The van der Waals surface area contributed by atoms with Crippen LogP contribution in [-0.4, -0.2) is 51.3 Å². The number of benzene rings is 2. The highest BCUT2D eigenvalue weighted by Crippen LogP contribution is 2.40. The second kappa shape index (κ2) is 9.63. The summed E-state index contributed by atoms with van der Waals surface area (Å²) in [5.41, 5.74) is 1.59. The molecule has 0 radical (unpaired) electrons. The van der Waals surface area contributed by atoms with Crippen molar-refractivity contribution in [3.8, 4) is 17.2 Å². The lowest BCUT2D eigenvalue weighted by Crippen LogP contribution is -2.41. The average molecular weight is 435 g/mol. The van der Waals surface area contributed by atoms with E-state index in [1.54, 1.807) is 12.1 Å².